The average Bonchev–Trinajstić information content (AvgIpc) is 2.94. The van der Waals surface area contributed by atoms with E-state index >= 15 is 0 Å². The van der Waals surface area contributed by atoms with Crippen molar-refractivity contribution in [3.05, 3.63) is 27.5 Å². The normalized spacial score (nSPS) is 14.0. The number of carbonyl (C=O) groups excluding carboxylic acids is 1. The SMILES string of the molecule is Cc1nn(C)c(C)c1CC(=O)Nc1nc2c(s1)CCCC2. The Morgan fingerprint density at radius 1 is 1.33 bits per heavy atom. The molecule has 1 aliphatic carbocycles. The Morgan fingerprint density at radius 3 is 2.76 bits per heavy atom. The molecule has 0 saturated heterocycles. The van der Waals surface area contributed by atoms with Crippen molar-refractivity contribution in [3.8, 4) is 0 Å². The summed E-state index contributed by atoms with van der Waals surface area (Å²) in [5.41, 5.74) is 4.15. The van der Waals surface area contributed by atoms with E-state index in [1.165, 1.54) is 23.4 Å². The van der Waals surface area contributed by atoms with Gasteiger partial charge in [0.1, 0.15) is 0 Å². The Hall–Kier alpha value is -1.69. The van der Waals surface area contributed by atoms with Gasteiger partial charge in [-0.25, -0.2) is 4.98 Å². The lowest BCUT2D eigenvalue weighted by molar-refractivity contribution is -0.115. The third kappa shape index (κ3) is 2.85. The quantitative estimate of drug-likeness (QED) is 0.948. The highest BCUT2D eigenvalue weighted by molar-refractivity contribution is 7.15. The summed E-state index contributed by atoms with van der Waals surface area (Å²) < 4.78 is 1.82. The highest BCUT2D eigenvalue weighted by atomic mass is 32.1. The number of carbonyl (C=O) groups is 1. The predicted octanol–water partition coefficient (Wildman–Crippen LogP) is 2.55. The van der Waals surface area contributed by atoms with Crippen LogP contribution in [-0.4, -0.2) is 20.7 Å². The molecule has 0 radical (unpaired) electrons. The predicted molar refractivity (Wildman–Crippen MR) is 83.8 cm³/mol. The zero-order valence-electron chi connectivity index (χ0n) is 12.7. The Balaban J connectivity index is 1.70. The molecule has 2 aromatic rings. The van der Waals surface area contributed by atoms with Gasteiger partial charge < -0.3 is 5.32 Å². The van der Waals surface area contributed by atoms with Gasteiger partial charge in [-0.1, -0.05) is 0 Å². The minimum absolute atomic E-state index is 0.0136. The zero-order valence-corrected chi connectivity index (χ0v) is 13.5. The number of aromatic nitrogens is 3. The molecule has 1 N–H and O–H groups in total. The van der Waals surface area contributed by atoms with Crippen LogP contribution in [0.1, 0.15) is 40.4 Å². The number of thiazole rings is 1. The monoisotopic (exact) mass is 304 g/mol. The molecular formula is C15H20N4OS. The van der Waals surface area contributed by atoms with Gasteiger partial charge in [-0.2, -0.15) is 5.10 Å². The van der Waals surface area contributed by atoms with Crippen LogP contribution in [0.15, 0.2) is 0 Å². The van der Waals surface area contributed by atoms with E-state index in [4.69, 9.17) is 0 Å². The molecule has 0 atom stereocenters. The molecule has 3 rings (SSSR count). The Kier molecular flexibility index (Phi) is 3.80. The van der Waals surface area contributed by atoms with Crippen molar-refractivity contribution in [3.63, 3.8) is 0 Å². The van der Waals surface area contributed by atoms with Crippen molar-refractivity contribution >= 4 is 22.4 Å². The van der Waals surface area contributed by atoms with Crippen LogP contribution in [0.25, 0.3) is 0 Å². The lowest BCUT2D eigenvalue weighted by Gasteiger charge is -2.06. The van der Waals surface area contributed by atoms with Crippen molar-refractivity contribution in [1.82, 2.24) is 14.8 Å². The second kappa shape index (κ2) is 5.60. The summed E-state index contributed by atoms with van der Waals surface area (Å²) in [4.78, 5) is 18.1. The second-order valence-electron chi connectivity index (χ2n) is 5.59. The molecule has 1 amide bonds. The summed E-state index contributed by atoms with van der Waals surface area (Å²) in [5, 5.41) is 8.03. The molecule has 5 nitrogen and oxygen atoms in total. The highest BCUT2D eigenvalue weighted by Gasteiger charge is 2.18. The Morgan fingerprint density at radius 2 is 2.10 bits per heavy atom. The number of hydrogen-bond donors (Lipinski definition) is 1. The van der Waals surface area contributed by atoms with Crippen molar-refractivity contribution < 1.29 is 4.79 Å². The largest absolute Gasteiger partial charge is 0.302 e. The molecule has 112 valence electrons. The third-order valence-corrected chi connectivity index (χ3v) is 5.16. The van der Waals surface area contributed by atoms with E-state index in [1.54, 1.807) is 11.3 Å². The fourth-order valence-corrected chi connectivity index (χ4v) is 3.87. The Bertz CT molecular complexity index is 663. The van der Waals surface area contributed by atoms with Crippen LogP contribution in [0.5, 0.6) is 0 Å². The molecule has 0 fully saturated rings. The first kappa shape index (κ1) is 14.3. The summed E-state index contributed by atoms with van der Waals surface area (Å²) >= 11 is 1.62. The molecule has 2 aromatic heterocycles. The molecule has 0 unspecified atom stereocenters. The van der Waals surface area contributed by atoms with Gasteiger partial charge in [0.15, 0.2) is 5.13 Å². The van der Waals surface area contributed by atoms with Crippen molar-refractivity contribution in [1.29, 1.82) is 0 Å². The summed E-state index contributed by atoms with van der Waals surface area (Å²) in [5.74, 6) is -0.0136. The number of rotatable bonds is 3. The van der Waals surface area contributed by atoms with Crippen LogP contribution in [0.4, 0.5) is 5.13 Å². The summed E-state index contributed by atoms with van der Waals surface area (Å²) in [7, 11) is 1.90. The first-order valence-electron chi connectivity index (χ1n) is 7.32. The van der Waals surface area contributed by atoms with E-state index in [9.17, 15) is 4.79 Å². The van der Waals surface area contributed by atoms with Crippen molar-refractivity contribution in [2.45, 2.75) is 46.0 Å². The minimum Gasteiger partial charge on any atom is -0.302 e. The third-order valence-electron chi connectivity index (χ3n) is 4.09. The van der Waals surface area contributed by atoms with Gasteiger partial charge >= 0.3 is 0 Å². The lowest BCUT2D eigenvalue weighted by atomic mass is 10.0. The molecule has 0 aromatic carbocycles. The number of fused-ring (bicyclic) bond motifs is 1. The number of hydrogen-bond acceptors (Lipinski definition) is 4. The fraction of sp³-hybridized carbons (Fsp3) is 0.533. The van der Waals surface area contributed by atoms with Gasteiger partial charge in [-0.15, -0.1) is 11.3 Å². The maximum Gasteiger partial charge on any atom is 0.230 e. The summed E-state index contributed by atoms with van der Waals surface area (Å²) in [6, 6.07) is 0. The summed E-state index contributed by atoms with van der Waals surface area (Å²) in [6.07, 6.45) is 4.94. The first-order valence-corrected chi connectivity index (χ1v) is 8.13. The Labute approximate surface area is 128 Å². The van der Waals surface area contributed by atoms with Crippen LogP contribution >= 0.6 is 11.3 Å². The van der Waals surface area contributed by atoms with Crippen LogP contribution in [-0.2, 0) is 31.1 Å². The fourth-order valence-electron chi connectivity index (χ4n) is 2.80. The molecule has 1 aliphatic rings. The maximum absolute atomic E-state index is 12.2. The molecular weight excluding hydrogens is 284 g/mol. The van der Waals surface area contributed by atoms with E-state index in [-0.39, 0.29) is 5.91 Å². The second-order valence-corrected chi connectivity index (χ2v) is 6.68. The average molecular weight is 304 g/mol. The number of anilines is 1. The first-order chi connectivity index (χ1) is 10.0. The van der Waals surface area contributed by atoms with E-state index in [0.717, 1.165) is 34.9 Å². The van der Waals surface area contributed by atoms with E-state index < -0.39 is 0 Å². The van der Waals surface area contributed by atoms with Gasteiger partial charge in [0.05, 0.1) is 17.8 Å². The van der Waals surface area contributed by atoms with Crippen LogP contribution in [0.3, 0.4) is 0 Å². The highest BCUT2D eigenvalue weighted by Crippen LogP contribution is 2.29. The number of nitrogens with zero attached hydrogens (tertiary/aromatic N) is 3. The van der Waals surface area contributed by atoms with Gasteiger partial charge in [-0.3, -0.25) is 9.48 Å². The van der Waals surface area contributed by atoms with Gasteiger partial charge in [-0.05, 0) is 39.5 Å². The smallest absolute Gasteiger partial charge is 0.230 e. The van der Waals surface area contributed by atoms with E-state index in [0.29, 0.717) is 6.42 Å². The lowest BCUT2D eigenvalue weighted by Crippen LogP contribution is -2.15. The standard InChI is InChI=1S/C15H20N4OS/c1-9-11(10(2)19(3)18-9)8-14(20)17-15-16-12-6-4-5-7-13(12)21-15/h4-8H2,1-3H3,(H,16,17,20). The van der Waals surface area contributed by atoms with Gasteiger partial charge in [0.2, 0.25) is 5.91 Å². The van der Waals surface area contributed by atoms with Gasteiger partial charge in [0.25, 0.3) is 0 Å². The van der Waals surface area contributed by atoms with E-state index in [1.807, 2.05) is 25.6 Å². The summed E-state index contributed by atoms with van der Waals surface area (Å²) in [6.45, 7) is 3.93. The molecule has 0 saturated carbocycles. The maximum atomic E-state index is 12.2. The van der Waals surface area contributed by atoms with Crippen molar-refractivity contribution in [2.75, 3.05) is 5.32 Å². The van der Waals surface area contributed by atoms with E-state index in [2.05, 4.69) is 15.4 Å². The molecule has 2 heterocycles. The molecule has 21 heavy (non-hydrogen) atoms. The van der Waals surface area contributed by atoms with Crippen molar-refractivity contribution in [2.24, 2.45) is 7.05 Å². The molecule has 0 aliphatic heterocycles. The number of aryl methyl sites for hydroxylation is 4. The van der Waals surface area contributed by atoms with Gasteiger partial charge in [0, 0.05) is 23.2 Å². The number of nitrogens with one attached hydrogen (secondary N) is 1. The van der Waals surface area contributed by atoms with Crippen LogP contribution in [0, 0.1) is 13.8 Å². The van der Waals surface area contributed by atoms with Crippen LogP contribution < -0.4 is 5.32 Å². The minimum atomic E-state index is -0.0136. The molecule has 6 heteroatoms. The topological polar surface area (TPSA) is 59.8 Å². The van der Waals surface area contributed by atoms with Crippen LogP contribution in [0.2, 0.25) is 0 Å². The number of amides is 1. The molecule has 0 bridgehead atoms. The molecule has 0 spiro atoms. The zero-order chi connectivity index (χ0) is 15.0.